The zero-order chi connectivity index (χ0) is 29.3. The number of hydrogen-bond acceptors (Lipinski definition) is 5. The largest absolute Gasteiger partial charge is 0.434 e. The van der Waals surface area contributed by atoms with E-state index in [0.717, 1.165) is 6.20 Å². The van der Waals surface area contributed by atoms with Crippen LogP contribution >= 0.6 is 0 Å². The molecule has 2 N–H and O–H groups in total. The van der Waals surface area contributed by atoms with E-state index in [1.807, 2.05) is 0 Å². The van der Waals surface area contributed by atoms with Gasteiger partial charge in [-0.1, -0.05) is 12.1 Å². The van der Waals surface area contributed by atoms with Crippen LogP contribution in [0.5, 0.6) is 0 Å². The molecule has 5 aromatic rings. The Labute approximate surface area is 225 Å². The molecular weight excluding hydrogens is 556 g/mol. The van der Waals surface area contributed by atoms with Gasteiger partial charge in [-0.2, -0.15) is 36.5 Å². The maximum atomic E-state index is 14.3. The molecule has 3 aromatic heterocycles. The molecule has 0 bridgehead atoms. The third kappa shape index (κ3) is 4.34. The Morgan fingerprint density at radius 2 is 1.78 bits per heavy atom. The van der Waals surface area contributed by atoms with Crippen molar-refractivity contribution in [2.75, 3.05) is 10.6 Å². The first-order valence-electron chi connectivity index (χ1n) is 11.7. The number of aromatic nitrogens is 5. The van der Waals surface area contributed by atoms with Crippen molar-refractivity contribution in [1.82, 2.24) is 24.5 Å². The minimum atomic E-state index is -5.10. The smallest absolute Gasteiger partial charge is 0.321 e. The van der Waals surface area contributed by atoms with Gasteiger partial charge in [-0.3, -0.25) is 19.3 Å². The van der Waals surface area contributed by atoms with Crippen molar-refractivity contribution in [3.05, 3.63) is 83.4 Å². The van der Waals surface area contributed by atoms with Gasteiger partial charge in [0.1, 0.15) is 11.4 Å². The lowest BCUT2D eigenvalue weighted by Crippen LogP contribution is -2.21. The van der Waals surface area contributed by atoms with Gasteiger partial charge in [0.05, 0.1) is 34.9 Å². The summed E-state index contributed by atoms with van der Waals surface area (Å²) in [5, 5.41) is 13.1. The van der Waals surface area contributed by atoms with Crippen LogP contribution in [0.3, 0.4) is 0 Å². The number of alkyl halides is 6. The Morgan fingerprint density at radius 1 is 1.00 bits per heavy atom. The summed E-state index contributed by atoms with van der Waals surface area (Å²) in [5.74, 6) is -1.77. The van der Waals surface area contributed by atoms with E-state index < -0.39 is 52.4 Å². The summed E-state index contributed by atoms with van der Waals surface area (Å²) < 4.78 is 86.3. The lowest BCUT2D eigenvalue weighted by molar-refractivity contribution is -0.143. The number of pyridine rings is 1. The van der Waals surface area contributed by atoms with Gasteiger partial charge >= 0.3 is 12.4 Å². The fourth-order valence-electron chi connectivity index (χ4n) is 4.72. The Hall–Kier alpha value is -5.21. The molecule has 0 saturated carbocycles. The number of carbonyl (C=O) groups excluding carboxylic acids is 2. The second-order valence-corrected chi connectivity index (χ2v) is 9.08. The molecule has 1 aliphatic heterocycles. The number of nitrogens with zero attached hydrogens (tertiary/aromatic N) is 5. The van der Waals surface area contributed by atoms with E-state index in [2.05, 4.69) is 25.8 Å². The third-order valence-corrected chi connectivity index (χ3v) is 6.43. The summed E-state index contributed by atoms with van der Waals surface area (Å²) in [4.78, 5) is 29.0. The Balaban J connectivity index is 1.41. The maximum absolute atomic E-state index is 14.3. The van der Waals surface area contributed by atoms with Crippen LogP contribution in [-0.4, -0.2) is 36.4 Å². The lowest BCUT2D eigenvalue weighted by atomic mass is 10.0. The van der Waals surface area contributed by atoms with Crippen molar-refractivity contribution in [2.24, 2.45) is 7.05 Å². The van der Waals surface area contributed by atoms with Gasteiger partial charge < -0.3 is 10.6 Å². The fraction of sp³-hybridized carbons (Fsp3) is 0.115. The monoisotopic (exact) mass is 571 g/mol. The summed E-state index contributed by atoms with van der Waals surface area (Å²) in [7, 11) is 1.50. The summed E-state index contributed by atoms with van der Waals surface area (Å²) in [6.45, 7) is 0. The first-order valence-corrected chi connectivity index (χ1v) is 11.7. The van der Waals surface area contributed by atoms with E-state index in [9.17, 15) is 35.9 Å². The van der Waals surface area contributed by atoms with Gasteiger partial charge in [0.25, 0.3) is 11.8 Å². The van der Waals surface area contributed by atoms with E-state index >= 15 is 0 Å². The Morgan fingerprint density at radius 3 is 2.46 bits per heavy atom. The number of benzene rings is 2. The molecule has 0 aliphatic carbocycles. The summed E-state index contributed by atoms with van der Waals surface area (Å²) in [6, 6.07) is 9.14. The number of rotatable bonds is 4. The van der Waals surface area contributed by atoms with Crippen LogP contribution in [0.4, 0.5) is 37.7 Å². The first-order chi connectivity index (χ1) is 19.3. The van der Waals surface area contributed by atoms with Crippen LogP contribution in [0.15, 0.2) is 61.1 Å². The molecule has 0 spiro atoms. The van der Waals surface area contributed by atoms with Crippen molar-refractivity contribution in [3.63, 3.8) is 0 Å². The highest BCUT2D eigenvalue weighted by molar-refractivity contribution is 6.25. The van der Waals surface area contributed by atoms with Crippen LogP contribution in [0.1, 0.15) is 32.0 Å². The standard InChI is InChI=1S/C26H15F6N7O2/c1-38-8-7-18(37-38)21-16(25(27,28)29)9-12(10-33-21)35-24(41)15-11-34-39(22(15)26(30,31)32)19-6-5-17-20-13(19)3-2-4-14(20)23(40)36-17/h2-11H,1H3,(H,35,41)(H,36,40). The molecule has 41 heavy (non-hydrogen) atoms. The van der Waals surface area contributed by atoms with E-state index in [1.54, 1.807) is 0 Å². The van der Waals surface area contributed by atoms with Crippen molar-refractivity contribution in [2.45, 2.75) is 12.4 Å². The molecule has 2 amide bonds. The molecule has 0 fully saturated rings. The number of amides is 2. The third-order valence-electron chi connectivity index (χ3n) is 6.43. The second kappa shape index (κ2) is 8.90. The average molecular weight is 571 g/mol. The molecule has 0 unspecified atom stereocenters. The summed E-state index contributed by atoms with van der Waals surface area (Å²) in [5.41, 5.74) is -4.10. The molecule has 9 nitrogen and oxygen atoms in total. The van der Waals surface area contributed by atoms with Crippen LogP contribution < -0.4 is 10.6 Å². The van der Waals surface area contributed by atoms with Crippen LogP contribution in [-0.2, 0) is 19.4 Å². The number of nitrogens with one attached hydrogen (secondary N) is 2. The molecule has 6 rings (SSSR count). The summed E-state index contributed by atoms with van der Waals surface area (Å²) >= 11 is 0. The minimum Gasteiger partial charge on any atom is -0.321 e. The normalized spacial score (nSPS) is 13.1. The molecule has 1 aliphatic rings. The van der Waals surface area contributed by atoms with Crippen molar-refractivity contribution >= 4 is 34.0 Å². The van der Waals surface area contributed by atoms with E-state index in [-0.39, 0.29) is 22.3 Å². The van der Waals surface area contributed by atoms with Crippen molar-refractivity contribution < 1.29 is 35.9 Å². The first kappa shape index (κ1) is 26.0. The number of hydrogen-bond donors (Lipinski definition) is 2. The number of aryl methyl sites for hydroxylation is 1. The highest BCUT2D eigenvalue weighted by atomic mass is 19.4. The zero-order valence-electron chi connectivity index (χ0n) is 20.6. The van der Waals surface area contributed by atoms with E-state index in [0.29, 0.717) is 28.0 Å². The minimum absolute atomic E-state index is 0.0609. The van der Waals surface area contributed by atoms with Crippen LogP contribution in [0.25, 0.3) is 27.8 Å². The molecule has 2 aromatic carbocycles. The Kier molecular flexibility index (Phi) is 5.65. The number of anilines is 2. The lowest BCUT2D eigenvalue weighted by Gasteiger charge is -2.15. The van der Waals surface area contributed by atoms with E-state index in [1.165, 1.54) is 54.3 Å². The van der Waals surface area contributed by atoms with Crippen molar-refractivity contribution in [1.29, 1.82) is 0 Å². The molecule has 0 saturated heterocycles. The van der Waals surface area contributed by atoms with Gasteiger partial charge in [-0.15, -0.1) is 0 Å². The molecular formula is C26H15F6N7O2. The highest BCUT2D eigenvalue weighted by Crippen LogP contribution is 2.40. The molecule has 15 heteroatoms. The van der Waals surface area contributed by atoms with Gasteiger partial charge in [-0.25, -0.2) is 4.68 Å². The fourth-order valence-corrected chi connectivity index (χ4v) is 4.72. The molecule has 0 radical (unpaired) electrons. The predicted octanol–water partition coefficient (Wildman–Crippen LogP) is 5.68. The van der Waals surface area contributed by atoms with Gasteiger partial charge in [0.15, 0.2) is 5.69 Å². The predicted molar refractivity (Wildman–Crippen MR) is 133 cm³/mol. The molecule has 4 heterocycles. The topological polar surface area (TPSA) is 107 Å². The quantitative estimate of drug-likeness (QED) is 0.270. The van der Waals surface area contributed by atoms with Gasteiger partial charge in [0.2, 0.25) is 0 Å². The number of halogens is 6. The average Bonchev–Trinajstić information content (AvgIpc) is 3.62. The van der Waals surface area contributed by atoms with Crippen LogP contribution in [0, 0.1) is 0 Å². The number of carbonyl (C=O) groups is 2. The second-order valence-electron chi connectivity index (χ2n) is 9.08. The van der Waals surface area contributed by atoms with E-state index in [4.69, 9.17) is 0 Å². The van der Waals surface area contributed by atoms with Crippen molar-refractivity contribution in [3.8, 4) is 17.1 Å². The van der Waals surface area contributed by atoms with Crippen LogP contribution in [0.2, 0.25) is 0 Å². The maximum Gasteiger partial charge on any atom is 0.434 e. The highest BCUT2D eigenvalue weighted by Gasteiger charge is 2.41. The summed E-state index contributed by atoms with van der Waals surface area (Å²) in [6.07, 6.45) is -7.03. The Bertz CT molecular complexity index is 1890. The zero-order valence-corrected chi connectivity index (χ0v) is 20.6. The van der Waals surface area contributed by atoms with Gasteiger partial charge in [0, 0.05) is 35.3 Å². The molecule has 0 atom stereocenters. The molecule has 208 valence electrons. The SMILES string of the molecule is Cn1ccc(-c2ncc(NC(=O)c3cnn(-c4ccc5c6c(cccc46)C(=O)N5)c3C(F)(F)F)cc2C(F)(F)F)n1. The van der Waals surface area contributed by atoms with Gasteiger partial charge in [-0.05, 0) is 30.3 Å².